The first-order valence-electron chi connectivity index (χ1n) is 3.91. The van der Waals surface area contributed by atoms with Crippen LogP contribution in [0.1, 0.15) is 12.8 Å². The van der Waals surface area contributed by atoms with Crippen LogP contribution >= 0.6 is 12.6 Å². The molecule has 1 rings (SSSR count). The Balaban J connectivity index is 2.63. The molecule has 0 unspecified atom stereocenters. The van der Waals surface area contributed by atoms with E-state index >= 15 is 0 Å². The highest BCUT2D eigenvalue weighted by Gasteiger charge is 2.29. The molecule has 1 saturated heterocycles. The van der Waals surface area contributed by atoms with Crippen LogP contribution in [0.2, 0.25) is 0 Å². The maximum atomic E-state index is 10.9. The number of rotatable bonds is 2. The first-order valence-corrected chi connectivity index (χ1v) is 4.54. The van der Waals surface area contributed by atoms with Gasteiger partial charge in [0.1, 0.15) is 11.9 Å². The fourth-order valence-electron chi connectivity index (χ4n) is 1.48. The number of likely N-dealkylation sites (tertiary alicyclic amines) is 1. The van der Waals surface area contributed by atoms with Gasteiger partial charge >= 0.3 is 0 Å². The summed E-state index contributed by atoms with van der Waals surface area (Å²) in [7, 11) is 0. The van der Waals surface area contributed by atoms with Crippen molar-refractivity contribution in [1.29, 1.82) is 5.41 Å². The van der Waals surface area contributed by atoms with Crippen molar-refractivity contribution < 1.29 is 4.79 Å². The zero-order valence-corrected chi connectivity index (χ0v) is 7.68. The summed E-state index contributed by atoms with van der Waals surface area (Å²) >= 11 is 3.98. The number of carbonyl (C=O) groups excluding carboxylic acids is 1. The van der Waals surface area contributed by atoms with Gasteiger partial charge in [-0.1, -0.05) is 0 Å². The third-order valence-corrected chi connectivity index (χ3v) is 2.38. The first kappa shape index (κ1) is 9.38. The summed E-state index contributed by atoms with van der Waals surface area (Å²) in [5, 5.41) is 7.50. The van der Waals surface area contributed by atoms with Gasteiger partial charge < -0.3 is 10.6 Å². The Morgan fingerprint density at radius 1 is 1.75 bits per heavy atom. The number of amidine groups is 1. The van der Waals surface area contributed by atoms with Crippen LogP contribution in [0.25, 0.3) is 0 Å². The Bertz CT molecular complexity index is 207. The molecular formula is C7H13N3OS. The van der Waals surface area contributed by atoms with Crippen LogP contribution < -0.4 is 5.73 Å². The molecule has 0 saturated carbocycles. The molecular weight excluding hydrogens is 174 g/mol. The van der Waals surface area contributed by atoms with E-state index in [2.05, 4.69) is 12.6 Å². The molecule has 0 spiro atoms. The van der Waals surface area contributed by atoms with E-state index in [0.717, 1.165) is 19.4 Å². The fourth-order valence-corrected chi connectivity index (χ4v) is 1.66. The van der Waals surface area contributed by atoms with Gasteiger partial charge in [-0.2, -0.15) is 12.6 Å². The Kier molecular flexibility index (Phi) is 2.97. The second-order valence-corrected chi connectivity index (χ2v) is 3.17. The van der Waals surface area contributed by atoms with E-state index in [9.17, 15) is 4.79 Å². The lowest BCUT2D eigenvalue weighted by Gasteiger charge is -2.23. The largest absolute Gasteiger partial charge is 0.368 e. The summed E-state index contributed by atoms with van der Waals surface area (Å²) < 4.78 is 0. The van der Waals surface area contributed by atoms with E-state index in [1.165, 1.54) is 0 Å². The molecule has 0 radical (unpaired) electrons. The molecule has 1 amide bonds. The van der Waals surface area contributed by atoms with Gasteiger partial charge in [-0.25, -0.2) is 0 Å². The van der Waals surface area contributed by atoms with Crippen LogP contribution in [0.15, 0.2) is 0 Å². The Hall–Kier alpha value is -0.710. The molecule has 1 fully saturated rings. The van der Waals surface area contributed by atoms with Crippen LogP contribution in [0.4, 0.5) is 0 Å². The standard InChI is InChI=1S/C7H13N3OS/c8-6(4-12)10-3-1-2-5(10)7(9)11/h5,8,12H,1-4H2,(H2,9,11)/t5-/m0/s1. The summed E-state index contributed by atoms with van der Waals surface area (Å²) in [6.45, 7) is 0.757. The van der Waals surface area contributed by atoms with Crippen molar-refractivity contribution in [3.8, 4) is 0 Å². The van der Waals surface area contributed by atoms with Crippen LogP contribution in [-0.2, 0) is 4.79 Å². The van der Waals surface area contributed by atoms with Crippen LogP contribution in [0.5, 0.6) is 0 Å². The fraction of sp³-hybridized carbons (Fsp3) is 0.714. The van der Waals surface area contributed by atoms with E-state index in [1.54, 1.807) is 4.90 Å². The highest BCUT2D eigenvalue weighted by Crippen LogP contribution is 2.17. The lowest BCUT2D eigenvalue weighted by atomic mass is 10.2. The van der Waals surface area contributed by atoms with Gasteiger partial charge in [-0.15, -0.1) is 0 Å². The molecule has 0 bridgehead atoms. The number of nitrogens with two attached hydrogens (primary N) is 1. The van der Waals surface area contributed by atoms with Crippen molar-refractivity contribution in [2.24, 2.45) is 5.73 Å². The average Bonchev–Trinajstić information content (AvgIpc) is 2.50. The second-order valence-electron chi connectivity index (χ2n) is 2.86. The SMILES string of the molecule is N=C(CS)N1CCC[C@H]1C(N)=O. The molecule has 0 aromatic carbocycles. The van der Waals surface area contributed by atoms with E-state index in [4.69, 9.17) is 11.1 Å². The number of hydrogen-bond acceptors (Lipinski definition) is 3. The molecule has 1 aliphatic rings. The maximum absolute atomic E-state index is 10.9. The summed E-state index contributed by atoms with van der Waals surface area (Å²) in [5.41, 5.74) is 5.18. The molecule has 5 heteroatoms. The van der Waals surface area contributed by atoms with Gasteiger partial charge in [0.05, 0.1) is 0 Å². The smallest absolute Gasteiger partial charge is 0.240 e. The maximum Gasteiger partial charge on any atom is 0.240 e. The molecule has 0 aromatic heterocycles. The molecule has 68 valence electrons. The van der Waals surface area contributed by atoms with Crippen molar-refractivity contribution in [2.45, 2.75) is 18.9 Å². The van der Waals surface area contributed by atoms with E-state index in [0.29, 0.717) is 11.6 Å². The van der Waals surface area contributed by atoms with E-state index in [-0.39, 0.29) is 11.9 Å². The molecule has 0 aliphatic carbocycles. The van der Waals surface area contributed by atoms with Crippen molar-refractivity contribution in [2.75, 3.05) is 12.3 Å². The highest BCUT2D eigenvalue weighted by atomic mass is 32.1. The molecule has 3 N–H and O–H groups in total. The molecule has 1 aliphatic heterocycles. The van der Waals surface area contributed by atoms with Gasteiger partial charge in [-0.3, -0.25) is 10.2 Å². The van der Waals surface area contributed by atoms with Crippen LogP contribution in [-0.4, -0.2) is 35.0 Å². The normalized spacial score (nSPS) is 22.8. The van der Waals surface area contributed by atoms with Crippen LogP contribution in [0.3, 0.4) is 0 Å². The summed E-state index contributed by atoms with van der Waals surface area (Å²) in [5.74, 6) is 0.419. The number of thiol groups is 1. The number of amides is 1. The summed E-state index contributed by atoms with van der Waals surface area (Å²) in [6, 6.07) is -0.273. The summed E-state index contributed by atoms with van der Waals surface area (Å²) in [6.07, 6.45) is 1.70. The first-order chi connectivity index (χ1) is 5.66. The molecule has 4 nitrogen and oxygen atoms in total. The van der Waals surface area contributed by atoms with E-state index < -0.39 is 0 Å². The average molecular weight is 187 g/mol. The zero-order valence-electron chi connectivity index (χ0n) is 6.79. The Labute approximate surface area is 77.0 Å². The monoisotopic (exact) mass is 187 g/mol. The van der Waals surface area contributed by atoms with Crippen LogP contribution in [0, 0.1) is 5.41 Å². The molecule has 1 atom stereocenters. The molecule has 12 heavy (non-hydrogen) atoms. The number of primary amides is 1. The number of carbonyl (C=O) groups is 1. The van der Waals surface area contributed by atoms with Gasteiger partial charge in [0.15, 0.2) is 0 Å². The summed E-state index contributed by atoms with van der Waals surface area (Å²) in [4.78, 5) is 12.6. The molecule has 0 aromatic rings. The number of nitrogens with one attached hydrogen (secondary N) is 1. The minimum absolute atomic E-state index is 0.273. The zero-order chi connectivity index (χ0) is 9.14. The lowest BCUT2D eigenvalue weighted by molar-refractivity contribution is -0.121. The Morgan fingerprint density at radius 3 is 2.92 bits per heavy atom. The topological polar surface area (TPSA) is 70.2 Å². The van der Waals surface area contributed by atoms with Gasteiger partial charge in [0.2, 0.25) is 5.91 Å². The highest BCUT2D eigenvalue weighted by molar-refractivity contribution is 7.81. The van der Waals surface area contributed by atoms with Gasteiger partial charge in [0.25, 0.3) is 0 Å². The molecule has 1 heterocycles. The van der Waals surface area contributed by atoms with Gasteiger partial charge in [-0.05, 0) is 12.8 Å². The predicted molar refractivity (Wildman–Crippen MR) is 50.5 cm³/mol. The van der Waals surface area contributed by atoms with Crippen molar-refractivity contribution in [3.63, 3.8) is 0 Å². The third kappa shape index (κ3) is 1.72. The minimum atomic E-state index is -0.334. The third-order valence-electron chi connectivity index (χ3n) is 2.08. The minimum Gasteiger partial charge on any atom is -0.368 e. The predicted octanol–water partition coefficient (Wildman–Crippen LogP) is -0.157. The van der Waals surface area contributed by atoms with Crippen molar-refractivity contribution in [3.05, 3.63) is 0 Å². The van der Waals surface area contributed by atoms with Crippen molar-refractivity contribution >= 4 is 24.4 Å². The quantitative estimate of drug-likeness (QED) is 0.319. The van der Waals surface area contributed by atoms with Crippen molar-refractivity contribution in [1.82, 2.24) is 4.90 Å². The Morgan fingerprint density at radius 2 is 2.42 bits per heavy atom. The van der Waals surface area contributed by atoms with E-state index in [1.807, 2.05) is 0 Å². The van der Waals surface area contributed by atoms with Gasteiger partial charge in [0, 0.05) is 12.3 Å². The second kappa shape index (κ2) is 3.80. The number of nitrogens with zero attached hydrogens (tertiary/aromatic N) is 1. The number of hydrogen-bond donors (Lipinski definition) is 3. The lowest BCUT2D eigenvalue weighted by Crippen LogP contribution is -2.43.